The van der Waals surface area contributed by atoms with Gasteiger partial charge in [-0.15, -0.1) is 0 Å². The fourth-order valence-corrected chi connectivity index (χ4v) is 2.24. The van der Waals surface area contributed by atoms with E-state index in [1.807, 2.05) is 0 Å². The van der Waals surface area contributed by atoms with Crippen LogP contribution in [0.1, 0.15) is 28.8 Å². The summed E-state index contributed by atoms with van der Waals surface area (Å²) in [7, 11) is 0. The van der Waals surface area contributed by atoms with Gasteiger partial charge in [0.25, 0.3) is 0 Å². The number of carbonyl (C=O) groups excluding carboxylic acids is 1. The van der Waals surface area contributed by atoms with E-state index in [1.165, 1.54) is 24.3 Å². The maximum absolute atomic E-state index is 13.6. The second-order valence-corrected chi connectivity index (χ2v) is 6.21. The molecule has 0 heterocycles. The molecule has 0 saturated carbocycles. The molecular formula is C16H11F13O. The van der Waals surface area contributed by atoms with Gasteiger partial charge in [-0.1, -0.05) is 24.3 Å². The Morgan fingerprint density at radius 1 is 0.633 bits per heavy atom. The minimum Gasteiger partial charge on any atom is -0.298 e. The summed E-state index contributed by atoms with van der Waals surface area (Å²) >= 11 is 0. The highest BCUT2D eigenvalue weighted by Gasteiger charge is 2.90. The lowest BCUT2D eigenvalue weighted by Crippen LogP contribution is -2.70. The SMILES string of the molecule is O=Cc1ccc(CCCC(F)(F)C(F)(F)C(F)(F)C(F)(F)C(F)(F)C(F)(F)F)cc1. The Morgan fingerprint density at radius 3 is 1.47 bits per heavy atom. The van der Waals surface area contributed by atoms with Gasteiger partial charge in [0.2, 0.25) is 0 Å². The van der Waals surface area contributed by atoms with Crippen molar-refractivity contribution in [2.45, 2.75) is 55.1 Å². The van der Waals surface area contributed by atoms with Crippen LogP contribution in [0.15, 0.2) is 24.3 Å². The van der Waals surface area contributed by atoms with E-state index < -0.39 is 55.1 Å². The minimum absolute atomic E-state index is 0.139. The van der Waals surface area contributed by atoms with Crippen LogP contribution in [0, 0.1) is 0 Å². The third-order valence-corrected chi connectivity index (χ3v) is 4.07. The third kappa shape index (κ3) is 4.22. The predicted molar refractivity (Wildman–Crippen MR) is 75.6 cm³/mol. The molecule has 0 spiro atoms. The van der Waals surface area contributed by atoms with Gasteiger partial charge in [-0.3, -0.25) is 4.79 Å². The Morgan fingerprint density at radius 2 is 1.07 bits per heavy atom. The van der Waals surface area contributed by atoms with Crippen molar-refractivity contribution < 1.29 is 61.9 Å². The maximum atomic E-state index is 13.6. The van der Waals surface area contributed by atoms with Crippen LogP contribution in [0.4, 0.5) is 57.1 Å². The van der Waals surface area contributed by atoms with E-state index in [0.717, 1.165) is 0 Å². The normalized spacial score (nSPS) is 14.7. The fourth-order valence-electron chi connectivity index (χ4n) is 2.24. The first-order valence-corrected chi connectivity index (χ1v) is 7.76. The van der Waals surface area contributed by atoms with Gasteiger partial charge >= 0.3 is 35.8 Å². The Balaban J connectivity index is 3.08. The number of hydrogen-bond acceptors (Lipinski definition) is 1. The lowest BCUT2D eigenvalue weighted by Gasteiger charge is -2.39. The zero-order valence-electron chi connectivity index (χ0n) is 14.3. The highest BCUT2D eigenvalue weighted by atomic mass is 19.4. The molecule has 0 unspecified atom stereocenters. The molecule has 0 amide bonds. The zero-order chi connectivity index (χ0) is 23.8. The van der Waals surface area contributed by atoms with Crippen molar-refractivity contribution in [1.29, 1.82) is 0 Å². The van der Waals surface area contributed by atoms with Gasteiger partial charge < -0.3 is 0 Å². The fraction of sp³-hybridized carbons (Fsp3) is 0.562. The van der Waals surface area contributed by atoms with Gasteiger partial charge in [0.15, 0.2) is 0 Å². The summed E-state index contributed by atoms with van der Waals surface area (Å²) < 4.78 is 168. The van der Waals surface area contributed by atoms with E-state index in [-0.39, 0.29) is 11.1 Å². The van der Waals surface area contributed by atoms with Gasteiger partial charge in [0.1, 0.15) is 6.29 Å². The van der Waals surface area contributed by atoms with Crippen LogP contribution < -0.4 is 0 Å². The largest absolute Gasteiger partial charge is 0.460 e. The summed E-state index contributed by atoms with van der Waals surface area (Å²) in [6, 6.07) is 4.71. The van der Waals surface area contributed by atoms with Crippen LogP contribution in [-0.4, -0.2) is 42.1 Å². The molecule has 172 valence electrons. The highest BCUT2D eigenvalue weighted by Crippen LogP contribution is 2.60. The topological polar surface area (TPSA) is 17.1 Å². The first kappa shape index (κ1) is 26.0. The van der Waals surface area contributed by atoms with Crippen LogP contribution >= 0.6 is 0 Å². The summed E-state index contributed by atoms with van der Waals surface area (Å²) in [5.74, 6) is -36.7. The Bertz CT molecular complexity index is 735. The Hall–Kier alpha value is -2.02. The highest BCUT2D eigenvalue weighted by molar-refractivity contribution is 5.74. The van der Waals surface area contributed by atoms with Crippen molar-refractivity contribution >= 4 is 6.29 Å². The van der Waals surface area contributed by atoms with Crippen LogP contribution in [-0.2, 0) is 6.42 Å². The average molecular weight is 466 g/mol. The Labute approximate surface area is 159 Å². The number of halogens is 13. The van der Waals surface area contributed by atoms with Crippen molar-refractivity contribution in [1.82, 2.24) is 0 Å². The zero-order valence-corrected chi connectivity index (χ0v) is 14.3. The van der Waals surface area contributed by atoms with Gasteiger partial charge in [-0.25, -0.2) is 0 Å². The van der Waals surface area contributed by atoms with Crippen molar-refractivity contribution in [3.63, 3.8) is 0 Å². The smallest absolute Gasteiger partial charge is 0.298 e. The van der Waals surface area contributed by atoms with Crippen molar-refractivity contribution in [2.24, 2.45) is 0 Å². The molecule has 1 rings (SSSR count). The number of benzene rings is 1. The van der Waals surface area contributed by atoms with Crippen molar-refractivity contribution in [3.05, 3.63) is 35.4 Å². The van der Waals surface area contributed by atoms with Crippen LogP contribution in [0.25, 0.3) is 0 Å². The standard InChI is InChI=1S/C16H11F13O/c17-11(18,7-1-2-9-3-5-10(8-30)6-4-9)12(19,20)13(21,22)14(23,24)15(25,26)16(27,28)29/h3-6,8H,1-2,7H2. The van der Waals surface area contributed by atoms with E-state index >= 15 is 0 Å². The predicted octanol–water partition coefficient (Wildman–Crippen LogP) is 6.56. The molecule has 1 aromatic carbocycles. The molecule has 30 heavy (non-hydrogen) atoms. The van der Waals surface area contributed by atoms with E-state index in [0.29, 0.717) is 6.29 Å². The minimum atomic E-state index is -7.88. The summed E-state index contributed by atoms with van der Waals surface area (Å²) in [4.78, 5) is 10.4. The molecule has 0 saturated heterocycles. The van der Waals surface area contributed by atoms with E-state index in [4.69, 9.17) is 0 Å². The van der Waals surface area contributed by atoms with E-state index in [1.54, 1.807) is 0 Å². The molecular weight excluding hydrogens is 455 g/mol. The number of alkyl halides is 13. The molecule has 0 aromatic heterocycles. The van der Waals surface area contributed by atoms with Crippen molar-refractivity contribution in [2.75, 3.05) is 0 Å². The third-order valence-electron chi connectivity index (χ3n) is 4.07. The van der Waals surface area contributed by atoms with Gasteiger partial charge in [0.05, 0.1) is 0 Å². The van der Waals surface area contributed by atoms with Gasteiger partial charge in [0, 0.05) is 12.0 Å². The lowest BCUT2D eigenvalue weighted by molar-refractivity contribution is -0.440. The summed E-state index contributed by atoms with van der Waals surface area (Å²) in [6.45, 7) is 0. The molecule has 0 bridgehead atoms. The first-order valence-electron chi connectivity index (χ1n) is 7.76. The van der Waals surface area contributed by atoms with Crippen LogP contribution in [0.3, 0.4) is 0 Å². The number of aldehydes is 1. The van der Waals surface area contributed by atoms with E-state index in [2.05, 4.69) is 0 Å². The molecule has 0 fully saturated rings. The molecule has 1 aromatic rings. The lowest BCUT2D eigenvalue weighted by atomic mass is 9.91. The van der Waals surface area contributed by atoms with Crippen LogP contribution in [0.2, 0.25) is 0 Å². The second kappa shape index (κ2) is 7.91. The molecule has 0 aliphatic heterocycles. The Kier molecular flexibility index (Phi) is 6.86. The van der Waals surface area contributed by atoms with Gasteiger partial charge in [-0.2, -0.15) is 57.1 Å². The first-order chi connectivity index (χ1) is 13.3. The molecule has 0 aliphatic rings. The summed E-state index contributed by atoms with van der Waals surface area (Å²) in [6.07, 6.45) is -10.8. The number of hydrogen-bond donors (Lipinski definition) is 0. The summed E-state index contributed by atoms with van der Waals surface area (Å²) in [5.41, 5.74) is 0.281. The average Bonchev–Trinajstić information content (AvgIpc) is 2.60. The maximum Gasteiger partial charge on any atom is 0.460 e. The quantitative estimate of drug-likeness (QED) is 0.298. The van der Waals surface area contributed by atoms with Crippen LogP contribution in [0.5, 0.6) is 0 Å². The number of rotatable bonds is 9. The summed E-state index contributed by atoms with van der Waals surface area (Å²) in [5, 5.41) is 0. The molecule has 14 heteroatoms. The van der Waals surface area contributed by atoms with Crippen molar-refractivity contribution in [3.8, 4) is 0 Å². The molecule has 0 aliphatic carbocycles. The molecule has 0 radical (unpaired) electrons. The van der Waals surface area contributed by atoms with E-state index in [9.17, 15) is 61.9 Å². The monoisotopic (exact) mass is 466 g/mol. The molecule has 0 N–H and O–H groups in total. The molecule has 1 nitrogen and oxygen atoms in total. The number of aryl methyl sites for hydroxylation is 1. The second-order valence-electron chi connectivity index (χ2n) is 6.21. The molecule has 0 atom stereocenters. The number of carbonyl (C=O) groups is 1. The van der Waals surface area contributed by atoms with Gasteiger partial charge in [-0.05, 0) is 18.4 Å².